The van der Waals surface area contributed by atoms with E-state index < -0.39 is 6.26 Å². The summed E-state index contributed by atoms with van der Waals surface area (Å²) in [6.07, 6.45) is -2.17. The van der Waals surface area contributed by atoms with Crippen molar-refractivity contribution in [2.75, 3.05) is 13.2 Å². The van der Waals surface area contributed by atoms with Crippen LogP contribution in [0.4, 0.5) is 0 Å². The van der Waals surface area contributed by atoms with Crippen molar-refractivity contribution >= 4 is 18.1 Å². The second kappa shape index (κ2) is 4.67. The van der Waals surface area contributed by atoms with Gasteiger partial charge in [0.1, 0.15) is 11.7 Å². The van der Waals surface area contributed by atoms with Crippen LogP contribution in [0, 0.1) is 0 Å². The number of nitrogens with zero attached hydrogens (tertiary/aromatic N) is 1. The summed E-state index contributed by atoms with van der Waals surface area (Å²) in [4.78, 5) is 0. The van der Waals surface area contributed by atoms with Crippen molar-refractivity contribution in [3.8, 4) is 17.2 Å². The first kappa shape index (κ1) is 12.5. The van der Waals surface area contributed by atoms with Gasteiger partial charge in [-0.3, -0.25) is 0 Å². The number of hydrogen-bond donors (Lipinski definition) is 0. The largest absolute Gasteiger partial charge is 0.441 e. The Labute approximate surface area is 120 Å². The molecule has 2 unspecified atom stereocenters. The van der Waals surface area contributed by atoms with Crippen LogP contribution >= 0.6 is 6.26 Å². The zero-order valence-electron chi connectivity index (χ0n) is 10.5. The Morgan fingerprint density at radius 2 is 1.80 bits per heavy atom. The van der Waals surface area contributed by atoms with Crippen LogP contribution in [0.5, 0.6) is 5.88 Å². The lowest BCUT2D eigenvalue weighted by Crippen LogP contribution is -2.05. The van der Waals surface area contributed by atoms with Crippen LogP contribution in [0.2, 0.25) is 0 Å². The smallest absolute Gasteiger partial charge is 0.258 e. The lowest BCUT2D eigenvalue weighted by Gasteiger charge is -2.16. The summed E-state index contributed by atoms with van der Waals surface area (Å²) in [6, 6.07) is 11.5. The molecule has 0 radical (unpaired) electrons. The lowest BCUT2D eigenvalue weighted by molar-refractivity contribution is 0.388. The molecule has 2 aliphatic rings. The molecule has 2 atom stereocenters. The molecule has 1 aromatic heterocycles. The first-order chi connectivity index (χ1) is 9.75. The maximum Gasteiger partial charge on any atom is 0.258 e. The number of ether oxygens (including phenoxy) is 2. The third kappa shape index (κ3) is 2.29. The van der Waals surface area contributed by atoms with Gasteiger partial charge in [-0.2, -0.15) is 0 Å². The van der Waals surface area contributed by atoms with Gasteiger partial charge in [0.2, 0.25) is 0 Å². The first-order valence-corrected chi connectivity index (χ1v) is 9.16. The third-order valence-electron chi connectivity index (χ3n) is 3.22. The molecule has 0 amide bonds. The highest BCUT2D eigenvalue weighted by atomic mass is 32.4. The standard InChI is InChI=1S/C13H12NO4PS/c20-19(12-7-15-12,13-8-16-13)18-11-6-10(17-14-11)9-4-2-1-3-5-9/h1-6,12-13H,7-8H2. The van der Waals surface area contributed by atoms with Crippen LogP contribution in [0.15, 0.2) is 40.9 Å². The summed E-state index contributed by atoms with van der Waals surface area (Å²) in [7, 11) is 0. The van der Waals surface area contributed by atoms with Gasteiger partial charge in [0.25, 0.3) is 5.88 Å². The van der Waals surface area contributed by atoms with Crippen LogP contribution in [-0.4, -0.2) is 30.1 Å². The molecule has 0 bridgehead atoms. The van der Waals surface area contributed by atoms with E-state index in [-0.39, 0.29) is 11.7 Å². The summed E-state index contributed by atoms with van der Waals surface area (Å²) in [5, 5.41) is 3.95. The van der Waals surface area contributed by atoms with Crippen molar-refractivity contribution < 1.29 is 18.5 Å². The van der Waals surface area contributed by atoms with Crippen LogP contribution in [0.1, 0.15) is 0 Å². The van der Waals surface area contributed by atoms with Crippen molar-refractivity contribution in [3.05, 3.63) is 36.4 Å². The van der Waals surface area contributed by atoms with E-state index in [1.807, 2.05) is 30.3 Å². The van der Waals surface area contributed by atoms with E-state index in [1.54, 1.807) is 6.07 Å². The number of benzene rings is 1. The Balaban J connectivity index is 1.58. The predicted octanol–water partition coefficient (Wildman–Crippen LogP) is 2.83. The van der Waals surface area contributed by atoms with Crippen LogP contribution in [0.3, 0.4) is 0 Å². The Morgan fingerprint density at radius 3 is 2.40 bits per heavy atom. The van der Waals surface area contributed by atoms with Gasteiger partial charge < -0.3 is 18.5 Å². The lowest BCUT2D eigenvalue weighted by atomic mass is 10.2. The van der Waals surface area contributed by atoms with Crippen molar-refractivity contribution in [1.82, 2.24) is 5.16 Å². The predicted molar refractivity (Wildman–Crippen MR) is 76.3 cm³/mol. The fourth-order valence-corrected chi connectivity index (χ4v) is 4.94. The Kier molecular flexibility index (Phi) is 2.93. The van der Waals surface area contributed by atoms with Crippen LogP contribution in [0.25, 0.3) is 11.3 Å². The number of hydrogen-bond acceptors (Lipinski definition) is 6. The number of epoxide rings is 2. The SMILES string of the molecule is S=P(Oc1cc(-c2ccccc2)on1)(C1CO1)C1CO1. The molecule has 0 N–H and O–H groups in total. The minimum absolute atomic E-state index is 0.00174. The van der Waals surface area contributed by atoms with Crippen molar-refractivity contribution in [2.45, 2.75) is 11.7 Å². The molecule has 3 heterocycles. The van der Waals surface area contributed by atoms with Gasteiger partial charge in [0, 0.05) is 11.6 Å². The van der Waals surface area contributed by atoms with Gasteiger partial charge in [0.15, 0.2) is 12.0 Å². The summed E-state index contributed by atoms with van der Waals surface area (Å²) >= 11 is 5.64. The molecule has 1 aromatic carbocycles. The third-order valence-corrected chi connectivity index (χ3v) is 7.53. The molecule has 5 nitrogen and oxygen atoms in total. The Hall–Kier alpha value is -1.20. The molecule has 0 aliphatic carbocycles. The van der Waals surface area contributed by atoms with E-state index in [0.717, 1.165) is 5.56 Å². The van der Waals surface area contributed by atoms with Gasteiger partial charge in [-0.15, -0.1) is 0 Å². The molecular formula is C13H12NO4PS. The van der Waals surface area contributed by atoms with E-state index in [0.29, 0.717) is 24.9 Å². The molecule has 4 rings (SSSR count). The summed E-state index contributed by atoms with van der Waals surface area (Å²) in [5.41, 5.74) is 0.952. The molecule has 2 saturated heterocycles. The van der Waals surface area contributed by atoms with Gasteiger partial charge in [-0.1, -0.05) is 30.3 Å². The van der Waals surface area contributed by atoms with E-state index in [4.69, 9.17) is 30.3 Å². The minimum Gasteiger partial charge on any atom is -0.441 e. The summed E-state index contributed by atoms with van der Waals surface area (Å²) in [5.74, 6) is 1.08. The van der Waals surface area contributed by atoms with Gasteiger partial charge in [0.05, 0.1) is 13.2 Å². The van der Waals surface area contributed by atoms with Gasteiger partial charge in [-0.05, 0) is 17.0 Å². The normalized spacial score (nSPS) is 26.8. The monoisotopic (exact) mass is 309 g/mol. The molecule has 104 valence electrons. The van der Waals surface area contributed by atoms with Crippen molar-refractivity contribution in [2.24, 2.45) is 0 Å². The van der Waals surface area contributed by atoms with Crippen molar-refractivity contribution in [1.29, 1.82) is 0 Å². The zero-order chi connectivity index (χ0) is 13.6. The van der Waals surface area contributed by atoms with Gasteiger partial charge >= 0.3 is 0 Å². The van der Waals surface area contributed by atoms with E-state index in [9.17, 15) is 0 Å². The van der Waals surface area contributed by atoms with E-state index in [1.165, 1.54) is 0 Å². The first-order valence-electron chi connectivity index (χ1n) is 6.30. The van der Waals surface area contributed by atoms with Crippen LogP contribution < -0.4 is 4.52 Å². The highest BCUT2D eigenvalue weighted by Gasteiger charge is 2.53. The number of rotatable bonds is 5. The molecule has 2 aliphatic heterocycles. The summed E-state index contributed by atoms with van der Waals surface area (Å²) < 4.78 is 21.9. The molecule has 7 heteroatoms. The fraction of sp³-hybridized carbons (Fsp3) is 0.308. The summed E-state index contributed by atoms with van der Waals surface area (Å²) in [6.45, 7) is 1.31. The zero-order valence-corrected chi connectivity index (χ0v) is 12.2. The molecule has 20 heavy (non-hydrogen) atoms. The molecule has 0 saturated carbocycles. The molecule has 2 fully saturated rings. The minimum atomic E-state index is -2.17. The average Bonchev–Trinajstić information content (AvgIpc) is 3.37. The topological polar surface area (TPSA) is 60.3 Å². The highest BCUT2D eigenvalue weighted by molar-refractivity contribution is 8.13. The highest BCUT2D eigenvalue weighted by Crippen LogP contribution is 2.64. The number of aromatic nitrogens is 1. The van der Waals surface area contributed by atoms with Gasteiger partial charge in [-0.25, -0.2) is 0 Å². The molecule has 0 spiro atoms. The van der Waals surface area contributed by atoms with Crippen LogP contribution in [-0.2, 0) is 21.3 Å². The Bertz CT molecular complexity index is 650. The maximum atomic E-state index is 5.92. The van der Waals surface area contributed by atoms with E-state index in [2.05, 4.69) is 5.16 Å². The van der Waals surface area contributed by atoms with Crippen molar-refractivity contribution in [3.63, 3.8) is 0 Å². The fourth-order valence-electron chi connectivity index (χ4n) is 1.99. The second-order valence-electron chi connectivity index (χ2n) is 4.71. The maximum absolute atomic E-state index is 5.92. The quantitative estimate of drug-likeness (QED) is 0.625. The average molecular weight is 309 g/mol. The Morgan fingerprint density at radius 1 is 1.15 bits per heavy atom. The second-order valence-corrected chi connectivity index (χ2v) is 9.05. The molecular weight excluding hydrogens is 297 g/mol. The van der Waals surface area contributed by atoms with E-state index >= 15 is 0 Å². The molecule has 2 aromatic rings.